The number of carbonyl (C=O) groups is 1. The Balaban J connectivity index is 1.53. The first kappa shape index (κ1) is 19.9. The number of ether oxygens (including phenoxy) is 2. The fraction of sp³-hybridized carbons (Fsp3) is 0.500. The van der Waals surface area contributed by atoms with E-state index in [4.69, 9.17) is 9.47 Å². The monoisotopic (exact) mass is 394 g/mol. The lowest BCUT2D eigenvalue weighted by Gasteiger charge is -2.43. The van der Waals surface area contributed by atoms with Gasteiger partial charge in [-0.1, -0.05) is 18.2 Å². The second-order valence-corrected chi connectivity index (χ2v) is 8.21. The maximum atomic E-state index is 13.9. The van der Waals surface area contributed by atoms with E-state index in [9.17, 15) is 4.79 Å². The molecule has 1 aromatic carbocycles. The average molecular weight is 395 g/mol. The van der Waals surface area contributed by atoms with Gasteiger partial charge in [0.25, 0.3) is 0 Å². The first-order chi connectivity index (χ1) is 14.2. The van der Waals surface area contributed by atoms with E-state index in [0.29, 0.717) is 19.1 Å². The second-order valence-electron chi connectivity index (χ2n) is 8.21. The van der Waals surface area contributed by atoms with Crippen LogP contribution in [0.5, 0.6) is 5.75 Å². The van der Waals surface area contributed by atoms with Crippen LogP contribution in [0.25, 0.3) is 0 Å². The molecule has 2 aliphatic heterocycles. The zero-order valence-electron chi connectivity index (χ0n) is 17.2. The minimum Gasteiger partial charge on any atom is -0.497 e. The Bertz CT molecular complexity index is 801. The third-order valence-electron chi connectivity index (χ3n) is 6.43. The Morgan fingerprint density at radius 1 is 1.21 bits per heavy atom. The van der Waals surface area contributed by atoms with E-state index in [-0.39, 0.29) is 5.91 Å². The number of benzene rings is 1. The lowest BCUT2D eigenvalue weighted by atomic mass is 9.72. The van der Waals surface area contributed by atoms with Gasteiger partial charge in [-0.25, -0.2) is 0 Å². The number of aromatic nitrogens is 1. The lowest BCUT2D eigenvalue weighted by molar-refractivity contribution is -0.143. The topological polar surface area (TPSA) is 51.7 Å². The van der Waals surface area contributed by atoms with E-state index in [0.717, 1.165) is 62.2 Å². The highest BCUT2D eigenvalue weighted by molar-refractivity contribution is 5.88. The molecule has 1 aromatic heterocycles. The molecule has 1 unspecified atom stereocenters. The largest absolute Gasteiger partial charge is 0.497 e. The Hall–Kier alpha value is -2.40. The number of likely N-dealkylation sites (tertiary alicyclic amines) is 1. The minimum absolute atomic E-state index is 0.261. The van der Waals surface area contributed by atoms with E-state index in [1.165, 1.54) is 0 Å². The Morgan fingerprint density at radius 3 is 2.69 bits per heavy atom. The number of amides is 1. The first-order valence-corrected chi connectivity index (χ1v) is 10.6. The summed E-state index contributed by atoms with van der Waals surface area (Å²) in [4.78, 5) is 20.4. The molecule has 0 saturated carbocycles. The third kappa shape index (κ3) is 4.30. The Kier molecular flexibility index (Phi) is 6.14. The standard InChI is InChI=1S/C24H30N2O3/c1-28-22-9-7-20(8-10-22)24(11-15-29-16-12-24)23(27)26-14-4-5-19(18-26)17-21-6-2-3-13-25-21/h2-3,6-10,13,19H,4-5,11-12,14-18H2,1H3. The molecule has 0 N–H and O–H groups in total. The van der Waals surface area contributed by atoms with E-state index in [2.05, 4.69) is 28.1 Å². The maximum absolute atomic E-state index is 13.9. The number of hydrogen-bond acceptors (Lipinski definition) is 4. The Labute approximate surface area is 173 Å². The van der Waals surface area contributed by atoms with Crippen molar-refractivity contribution in [1.29, 1.82) is 0 Å². The van der Waals surface area contributed by atoms with Gasteiger partial charge in [-0.3, -0.25) is 9.78 Å². The van der Waals surface area contributed by atoms with E-state index in [1.807, 2.05) is 30.5 Å². The quantitative estimate of drug-likeness (QED) is 0.777. The summed E-state index contributed by atoms with van der Waals surface area (Å²) in [6.45, 7) is 2.91. The highest BCUT2D eigenvalue weighted by Crippen LogP contribution is 2.38. The second kappa shape index (κ2) is 8.95. The van der Waals surface area contributed by atoms with Crippen LogP contribution in [0.3, 0.4) is 0 Å². The molecule has 5 nitrogen and oxygen atoms in total. The van der Waals surface area contributed by atoms with Crippen LogP contribution >= 0.6 is 0 Å². The van der Waals surface area contributed by atoms with E-state index < -0.39 is 5.41 Å². The summed E-state index contributed by atoms with van der Waals surface area (Å²) in [5.41, 5.74) is 1.71. The number of hydrogen-bond donors (Lipinski definition) is 0. The third-order valence-corrected chi connectivity index (χ3v) is 6.43. The highest BCUT2D eigenvalue weighted by Gasteiger charge is 2.44. The number of rotatable bonds is 5. The molecule has 0 aliphatic carbocycles. The van der Waals surface area contributed by atoms with Crippen molar-refractivity contribution in [2.24, 2.45) is 5.92 Å². The van der Waals surface area contributed by atoms with Gasteiger partial charge in [-0.2, -0.15) is 0 Å². The summed E-state index contributed by atoms with van der Waals surface area (Å²) in [5, 5.41) is 0. The van der Waals surface area contributed by atoms with Crippen LogP contribution in [0.1, 0.15) is 36.9 Å². The molecular weight excluding hydrogens is 364 g/mol. The van der Waals surface area contributed by atoms with Crippen LogP contribution in [0.4, 0.5) is 0 Å². The molecule has 2 fully saturated rings. The molecule has 1 atom stereocenters. The molecule has 2 aromatic rings. The zero-order valence-corrected chi connectivity index (χ0v) is 17.2. The summed E-state index contributed by atoms with van der Waals surface area (Å²) < 4.78 is 10.9. The average Bonchev–Trinajstić information content (AvgIpc) is 2.80. The number of pyridine rings is 1. The molecule has 0 bridgehead atoms. The van der Waals surface area contributed by atoms with Crippen LogP contribution in [0, 0.1) is 5.92 Å². The number of nitrogens with zero attached hydrogens (tertiary/aromatic N) is 2. The summed E-state index contributed by atoms with van der Waals surface area (Å²) in [7, 11) is 1.67. The van der Waals surface area contributed by atoms with Crippen molar-refractivity contribution >= 4 is 5.91 Å². The normalized spacial score (nSPS) is 21.6. The van der Waals surface area contributed by atoms with Crippen molar-refractivity contribution in [1.82, 2.24) is 9.88 Å². The van der Waals surface area contributed by atoms with Crippen molar-refractivity contribution in [2.45, 2.75) is 37.5 Å². The zero-order chi connectivity index (χ0) is 20.1. The van der Waals surface area contributed by atoms with Crippen molar-refractivity contribution in [2.75, 3.05) is 33.4 Å². The van der Waals surface area contributed by atoms with Crippen molar-refractivity contribution in [3.8, 4) is 5.75 Å². The fourth-order valence-corrected chi connectivity index (χ4v) is 4.79. The lowest BCUT2D eigenvalue weighted by Crippen LogP contribution is -2.52. The molecule has 4 rings (SSSR count). The molecule has 1 amide bonds. The van der Waals surface area contributed by atoms with Gasteiger partial charge in [0.1, 0.15) is 5.75 Å². The summed E-state index contributed by atoms with van der Waals surface area (Å²) in [5.74, 6) is 1.55. The number of piperidine rings is 1. The Morgan fingerprint density at radius 2 is 2.00 bits per heavy atom. The predicted octanol–water partition coefficient (Wildman–Crippen LogP) is 3.62. The van der Waals surface area contributed by atoms with Gasteiger partial charge in [-0.15, -0.1) is 0 Å². The van der Waals surface area contributed by atoms with Gasteiger partial charge in [0.2, 0.25) is 5.91 Å². The molecule has 2 saturated heterocycles. The smallest absolute Gasteiger partial charge is 0.233 e. The van der Waals surface area contributed by atoms with Crippen molar-refractivity contribution in [3.05, 3.63) is 59.9 Å². The molecule has 0 radical (unpaired) electrons. The highest BCUT2D eigenvalue weighted by atomic mass is 16.5. The van der Waals surface area contributed by atoms with Crippen molar-refractivity contribution in [3.63, 3.8) is 0 Å². The van der Waals surface area contributed by atoms with Gasteiger partial charge in [0, 0.05) is 38.2 Å². The van der Waals surface area contributed by atoms with Gasteiger partial charge < -0.3 is 14.4 Å². The van der Waals surface area contributed by atoms with Crippen LogP contribution in [0.2, 0.25) is 0 Å². The maximum Gasteiger partial charge on any atom is 0.233 e. The molecule has 154 valence electrons. The van der Waals surface area contributed by atoms with Gasteiger partial charge in [0.05, 0.1) is 12.5 Å². The van der Waals surface area contributed by atoms with E-state index in [1.54, 1.807) is 7.11 Å². The molecule has 3 heterocycles. The van der Waals surface area contributed by atoms with Crippen LogP contribution in [-0.2, 0) is 21.4 Å². The molecule has 0 spiro atoms. The molecular formula is C24H30N2O3. The number of carbonyl (C=O) groups excluding carboxylic acids is 1. The summed E-state index contributed by atoms with van der Waals surface area (Å²) in [6, 6.07) is 14.1. The fourth-order valence-electron chi connectivity index (χ4n) is 4.79. The van der Waals surface area contributed by atoms with Crippen LogP contribution in [0.15, 0.2) is 48.7 Å². The van der Waals surface area contributed by atoms with Gasteiger partial charge >= 0.3 is 0 Å². The summed E-state index contributed by atoms with van der Waals surface area (Å²) >= 11 is 0. The number of methoxy groups -OCH3 is 1. The van der Waals surface area contributed by atoms with E-state index >= 15 is 0 Å². The molecule has 29 heavy (non-hydrogen) atoms. The summed E-state index contributed by atoms with van der Waals surface area (Å²) in [6.07, 6.45) is 6.46. The van der Waals surface area contributed by atoms with Crippen LogP contribution < -0.4 is 4.74 Å². The minimum atomic E-state index is -0.489. The van der Waals surface area contributed by atoms with Crippen LogP contribution in [-0.4, -0.2) is 49.2 Å². The molecule has 5 heteroatoms. The molecule has 2 aliphatic rings. The van der Waals surface area contributed by atoms with Gasteiger partial charge in [0.15, 0.2) is 0 Å². The van der Waals surface area contributed by atoms with Gasteiger partial charge in [-0.05, 0) is 67.9 Å². The SMILES string of the molecule is COc1ccc(C2(C(=O)N3CCCC(Cc4ccccn4)C3)CCOCC2)cc1. The predicted molar refractivity (Wildman–Crippen MR) is 112 cm³/mol. The first-order valence-electron chi connectivity index (χ1n) is 10.6. The van der Waals surface area contributed by atoms with Crippen molar-refractivity contribution < 1.29 is 14.3 Å².